The number of carbonyl (C=O) groups is 1. The van der Waals surface area contributed by atoms with E-state index in [1.807, 2.05) is 37.3 Å². The van der Waals surface area contributed by atoms with E-state index in [0.717, 1.165) is 5.56 Å². The predicted octanol–water partition coefficient (Wildman–Crippen LogP) is 2.20. The molecule has 0 amide bonds. The van der Waals surface area contributed by atoms with Gasteiger partial charge < -0.3 is 9.47 Å². The van der Waals surface area contributed by atoms with Crippen molar-refractivity contribution in [1.82, 2.24) is 0 Å². The minimum Gasteiger partial charge on any atom is -0.494 e. The number of hydrogen-bond acceptors (Lipinski definition) is 3. The first-order valence-corrected chi connectivity index (χ1v) is 4.91. The highest BCUT2D eigenvalue weighted by Crippen LogP contribution is 2.31. The summed E-state index contributed by atoms with van der Waals surface area (Å²) in [5, 5.41) is 0. The van der Waals surface area contributed by atoms with Gasteiger partial charge in [-0.05, 0) is 6.92 Å². The van der Waals surface area contributed by atoms with E-state index in [-0.39, 0.29) is 12.1 Å². The SMILES string of the molecule is CCOC1=CC(=O)O[C@@H]1c1ccccc1. The normalized spacial score (nSPS) is 19.7. The van der Waals surface area contributed by atoms with Gasteiger partial charge in [0.05, 0.1) is 12.7 Å². The smallest absolute Gasteiger partial charge is 0.335 e. The maximum atomic E-state index is 11.1. The second-order valence-electron chi connectivity index (χ2n) is 3.21. The number of cyclic esters (lactones) is 1. The van der Waals surface area contributed by atoms with Crippen LogP contribution in [-0.4, -0.2) is 12.6 Å². The van der Waals surface area contributed by atoms with Crippen LogP contribution in [0.5, 0.6) is 0 Å². The summed E-state index contributed by atoms with van der Waals surface area (Å²) in [6.07, 6.45) is 1.03. The molecule has 1 heterocycles. The van der Waals surface area contributed by atoms with Crippen molar-refractivity contribution in [1.29, 1.82) is 0 Å². The fraction of sp³-hybridized carbons (Fsp3) is 0.250. The third-order valence-electron chi connectivity index (χ3n) is 2.17. The number of hydrogen-bond donors (Lipinski definition) is 0. The zero-order valence-corrected chi connectivity index (χ0v) is 8.47. The van der Waals surface area contributed by atoms with E-state index in [9.17, 15) is 4.79 Å². The predicted molar refractivity (Wildman–Crippen MR) is 55.0 cm³/mol. The molecule has 0 saturated heterocycles. The fourth-order valence-corrected chi connectivity index (χ4v) is 1.54. The van der Waals surface area contributed by atoms with Crippen molar-refractivity contribution in [3.05, 3.63) is 47.7 Å². The van der Waals surface area contributed by atoms with Crippen LogP contribution in [0.3, 0.4) is 0 Å². The summed E-state index contributed by atoms with van der Waals surface area (Å²) < 4.78 is 10.5. The lowest BCUT2D eigenvalue weighted by atomic mass is 10.1. The highest BCUT2D eigenvalue weighted by atomic mass is 16.6. The average Bonchev–Trinajstić information content (AvgIpc) is 2.62. The minimum atomic E-state index is -0.376. The highest BCUT2D eigenvalue weighted by Gasteiger charge is 2.28. The van der Waals surface area contributed by atoms with Gasteiger partial charge in [-0.1, -0.05) is 30.3 Å². The summed E-state index contributed by atoms with van der Waals surface area (Å²) in [6, 6.07) is 9.56. The van der Waals surface area contributed by atoms with Crippen LogP contribution >= 0.6 is 0 Å². The first kappa shape index (κ1) is 9.77. The van der Waals surface area contributed by atoms with Crippen molar-refractivity contribution < 1.29 is 14.3 Å². The fourth-order valence-electron chi connectivity index (χ4n) is 1.54. The Labute approximate surface area is 88.3 Å². The molecule has 0 unspecified atom stereocenters. The molecule has 0 aromatic heterocycles. The molecule has 3 heteroatoms. The molecule has 0 fully saturated rings. The number of carbonyl (C=O) groups excluding carboxylic acids is 1. The Morgan fingerprint density at radius 3 is 2.73 bits per heavy atom. The van der Waals surface area contributed by atoms with Crippen molar-refractivity contribution in [3.8, 4) is 0 Å². The van der Waals surface area contributed by atoms with Gasteiger partial charge in [0.2, 0.25) is 0 Å². The van der Waals surface area contributed by atoms with E-state index in [2.05, 4.69) is 0 Å². The summed E-state index contributed by atoms with van der Waals surface area (Å²) in [5.41, 5.74) is 0.933. The number of ether oxygens (including phenoxy) is 2. The van der Waals surface area contributed by atoms with Crippen LogP contribution in [0, 0.1) is 0 Å². The highest BCUT2D eigenvalue weighted by molar-refractivity contribution is 5.85. The van der Waals surface area contributed by atoms with Gasteiger partial charge in [-0.15, -0.1) is 0 Å². The second kappa shape index (κ2) is 4.17. The number of esters is 1. The van der Waals surface area contributed by atoms with Gasteiger partial charge in [0.15, 0.2) is 6.10 Å². The Kier molecular flexibility index (Phi) is 2.72. The standard InChI is InChI=1S/C12H12O3/c1-2-14-10-8-11(13)15-12(10)9-6-4-3-5-7-9/h3-8,12H,2H2,1H3/t12-/m1/s1. The van der Waals surface area contributed by atoms with Crippen LogP contribution in [0.25, 0.3) is 0 Å². The Hall–Kier alpha value is -1.77. The number of benzene rings is 1. The lowest BCUT2D eigenvalue weighted by molar-refractivity contribution is -0.139. The van der Waals surface area contributed by atoms with E-state index in [4.69, 9.17) is 9.47 Å². The zero-order valence-electron chi connectivity index (χ0n) is 8.47. The van der Waals surface area contributed by atoms with E-state index in [1.165, 1.54) is 6.08 Å². The van der Waals surface area contributed by atoms with Crippen molar-refractivity contribution in [2.24, 2.45) is 0 Å². The lowest BCUT2D eigenvalue weighted by Gasteiger charge is -2.14. The summed E-state index contributed by atoms with van der Waals surface area (Å²) in [4.78, 5) is 11.1. The van der Waals surface area contributed by atoms with E-state index in [1.54, 1.807) is 0 Å². The zero-order chi connectivity index (χ0) is 10.7. The Balaban J connectivity index is 2.23. The van der Waals surface area contributed by atoms with Crippen LogP contribution in [-0.2, 0) is 14.3 Å². The van der Waals surface area contributed by atoms with Gasteiger partial charge in [-0.25, -0.2) is 4.79 Å². The summed E-state index contributed by atoms with van der Waals surface area (Å²) in [6.45, 7) is 2.41. The number of rotatable bonds is 3. The van der Waals surface area contributed by atoms with E-state index < -0.39 is 0 Å². The van der Waals surface area contributed by atoms with Crippen LogP contribution in [0.1, 0.15) is 18.6 Å². The van der Waals surface area contributed by atoms with E-state index in [0.29, 0.717) is 12.4 Å². The molecule has 0 N–H and O–H groups in total. The molecule has 2 rings (SSSR count). The molecule has 78 valence electrons. The monoisotopic (exact) mass is 204 g/mol. The van der Waals surface area contributed by atoms with Gasteiger partial charge in [0, 0.05) is 5.56 Å². The Bertz CT molecular complexity index is 381. The molecular weight excluding hydrogens is 192 g/mol. The molecule has 1 aromatic rings. The van der Waals surface area contributed by atoms with Gasteiger partial charge in [-0.3, -0.25) is 0 Å². The molecule has 0 bridgehead atoms. The van der Waals surface area contributed by atoms with Gasteiger partial charge in [-0.2, -0.15) is 0 Å². The van der Waals surface area contributed by atoms with Crippen LogP contribution in [0.2, 0.25) is 0 Å². The van der Waals surface area contributed by atoms with Gasteiger partial charge in [0.1, 0.15) is 5.76 Å². The largest absolute Gasteiger partial charge is 0.494 e. The summed E-state index contributed by atoms with van der Waals surface area (Å²) in [7, 11) is 0. The molecule has 0 radical (unpaired) electrons. The summed E-state index contributed by atoms with van der Waals surface area (Å²) in [5.74, 6) is 0.251. The lowest BCUT2D eigenvalue weighted by Crippen LogP contribution is -2.05. The maximum Gasteiger partial charge on any atom is 0.335 e. The molecular formula is C12H12O3. The van der Waals surface area contributed by atoms with Crippen molar-refractivity contribution in [2.45, 2.75) is 13.0 Å². The van der Waals surface area contributed by atoms with Crippen molar-refractivity contribution >= 4 is 5.97 Å². The van der Waals surface area contributed by atoms with Crippen LogP contribution < -0.4 is 0 Å². The van der Waals surface area contributed by atoms with E-state index >= 15 is 0 Å². The molecule has 1 aliphatic rings. The van der Waals surface area contributed by atoms with Gasteiger partial charge >= 0.3 is 5.97 Å². The molecule has 0 spiro atoms. The topological polar surface area (TPSA) is 35.5 Å². The third-order valence-corrected chi connectivity index (χ3v) is 2.17. The first-order valence-electron chi connectivity index (χ1n) is 4.91. The average molecular weight is 204 g/mol. The van der Waals surface area contributed by atoms with Crippen LogP contribution in [0.15, 0.2) is 42.2 Å². The molecule has 1 aromatic carbocycles. The maximum absolute atomic E-state index is 11.1. The minimum absolute atomic E-state index is 0.340. The van der Waals surface area contributed by atoms with Crippen LogP contribution in [0.4, 0.5) is 0 Å². The van der Waals surface area contributed by atoms with Crippen molar-refractivity contribution in [2.75, 3.05) is 6.61 Å². The molecule has 0 saturated carbocycles. The quantitative estimate of drug-likeness (QED) is 0.708. The first-order chi connectivity index (χ1) is 7.31. The molecule has 3 nitrogen and oxygen atoms in total. The molecule has 1 atom stereocenters. The Morgan fingerprint density at radius 1 is 1.33 bits per heavy atom. The summed E-state index contributed by atoms with van der Waals surface area (Å²) >= 11 is 0. The second-order valence-corrected chi connectivity index (χ2v) is 3.21. The molecule has 1 aliphatic heterocycles. The van der Waals surface area contributed by atoms with Crippen molar-refractivity contribution in [3.63, 3.8) is 0 Å². The third kappa shape index (κ3) is 2.01. The molecule has 15 heavy (non-hydrogen) atoms. The Morgan fingerprint density at radius 2 is 2.07 bits per heavy atom. The molecule has 0 aliphatic carbocycles. The van der Waals surface area contributed by atoms with Gasteiger partial charge in [0.25, 0.3) is 0 Å².